The smallest absolute Gasteiger partial charge is 0.469 e. The molecule has 0 heterocycles. The zero-order valence-electron chi connectivity index (χ0n) is 17.6. The second kappa shape index (κ2) is 9.62. The van der Waals surface area contributed by atoms with Crippen molar-refractivity contribution in [3.05, 3.63) is 53.6 Å². The third kappa shape index (κ3) is 6.62. The van der Waals surface area contributed by atoms with E-state index in [9.17, 15) is 39.6 Å². The summed E-state index contributed by atoms with van der Waals surface area (Å²) in [6, 6.07) is 6.92. The molecule has 1 unspecified atom stereocenters. The van der Waals surface area contributed by atoms with Crippen molar-refractivity contribution in [2.75, 3.05) is 7.11 Å². The monoisotopic (exact) mass is 498 g/mol. The maximum Gasteiger partial charge on any atom is 0.534 e. The maximum absolute atomic E-state index is 12.9. The molecule has 0 fully saturated rings. The van der Waals surface area contributed by atoms with Crippen molar-refractivity contribution in [3.8, 4) is 16.9 Å². The summed E-state index contributed by atoms with van der Waals surface area (Å²) in [6.45, 7) is 3.56. The quantitative estimate of drug-likeness (QED) is 0.206. The highest BCUT2D eigenvalue weighted by Crippen LogP contribution is 2.36. The predicted molar refractivity (Wildman–Crippen MR) is 107 cm³/mol. The fraction of sp³-hybridized carbons (Fsp3) is 0.381. The largest absolute Gasteiger partial charge is 0.534 e. The van der Waals surface area contributed by atoms with Crippen LogP contribution < -0.4 is 4.18 Å². The van der Waals surface area contributed by atoms with Crippen molar-refractivity contribution >= 4 is 16.1 Å². The summed E-state index contributed by atoms with van der Waals surface area (Å²) in [6.07, 6.45) is -4.41. The summed E-state index contributed by atoms with van der Waals surface area (Å²) in [5, 5.41) is 0. The molecule has 0 aliphatic rings. The molecule has 0 aliphatic heterocycles. The van der Waals surface area contributed by atoms with E-state index in [1.165, 1.54) is 6.07 Å². The number of rotatable bonds is 7. The molecule has 0 N–H and O–H groups in total. The lowest BCUT2D eigenvalue weighted by Crippen LogP contribution is -2.28. The van der Waals surface area contributed by atoms with Crippen LogP contribution in [0.1, 0.15) is 37.3 Å². The standard InChI is InChI=1S/C21H20F6O5S/c1-12(2)8-18(19(28)31-3)15-9-14(13-4-6-16(7-5-13)20(22,23)24)10-17(11-15)32-33(29,30)21(25,26)27/h4-7,9-12,18H,8H2,1-3H3. The Hall–Kier alpha value is -2.76. The maximum atomic E-state index is 12.9. The molecule has 2 aromatic rings. The summed E-state index contributed by atoms with van der Waals surface area (Å²) in [7, 11) is -4.92. The van der Waals surface area contributed by atoms with E-state index in [1.807, 2.05) is 0 Å². The second-order valence-electron chi connectivity index (χ2n) is 7.55. The molecular formula is C21H20F6O5S. The normalized spacial score (nSPS) is 13.6. The van der Waals surface area contributed by atoms with Gasteiger partial charge >= 0.3 is 27.8 Å². The van der Waals surface area contributed by atoms with Crippen molar-refractivity contribution in [1.29, 1.82) is 0 Å². The van der Waals surface area contributed by atoms with E-state index in [0.29, 0.717) is 0 Å². The number of esters is 1. The second-order valence-corrected chi connectivity index (χ2v) is 9.09. The highest BCUT2D eigenvalue weighted by molar-refractivity contribution is 7.88. The fourth-order valence-electron chi connectivity index (χ4n) is 3.05. The predicted octanol–water partition coefficient (Wildman–Crippen LogP) is 5.90. The first-order chi connectivity index (χ1) is 15.0. The number of hydrogen-bond acceptors (Lipinski definition) is 5. The minimum atomic E-state index is -6.03. The van der Waals surface area contributed by atoms with Crippen LogP contribution in [0.15, 0.2) is 42.5 Å². The number of benzene rings is 2. The number of halogens is 6. The Morgan fingerprint density at radius 3 is 1.97 bits per heavy atom. The van der Waals surface area contributed by atoms with Gasteiger partial charge in [-0.1, -0.05) is 32.0 Å². The lowest BCUT2D eigenvalue weighted by Gasteiger charge is -2.20. The highest BCUT2D eigenvalue weighted by atomic mass is 32.2. The summed E-state index contributed by atoms with van der Waals surface area (Å²) >= 11 is 0. The van der Waals surface area contributed by atoms with Gasteiger partial charge in [0.05, 0.1) is 18.6 Å². The number of alkyl halides is 6. The first-order valence-electron chi connectivity index (χ1n) is 9.46. The number of ether oxygens (including phenoxy) is 1. The molecular weight excluding hydrogens is 478 g/mol. The first-order valence-corrected chi connectivity index (χ1v) is 10.9. The molecule has 0 spiro atoms. The van der Waals surface area contributed by atoms with Crippen LogP contribution >= 0.6 is 0 Å². The topological polar surface area (TPSA) is 69.7 Å². The molecule has 12 heteroatoms. The van der Waals surface area contributed by atoms with Crippen molar-refractivity contribution in [2.45, 2.75) is 37.9 Å². The first kappa shape index (κ1) is 26.5. The van der Waals surface area contributed by atoms with E-state index >= 15 is 0 Å². The van der Waals surface area contributed by atoms with Crippen LogP contribution in [0.5, 0.6) is 5.75 Å². The third-order valence-electron chi connectivity index (χ3n) is 4.56. The Morgan fingerprint density at radius 2 is 1.52 bits per heavy atom. The van der Waals surface area contributed by atoms with Gasteiger partial charge in [0.1, 0.15) is 5.75 Å². The molecule has 0 radical (unpaired) electrons. The van der Waals surface area contributed by atoms with Gasteiger partial charge in [-0.05, 0) is 53.3 Å². The number of carbonyl (C=O) groups excluding carboxylic acids is 1. The van der Waals surface area contributed by atoms with Crippen LogP contribution in [0.3, 0.4) is 0 Å². The van der Waals surface area contributed by atoms with Gasteiger partial charge < -0.3 is 8.92 Å². The van der Waals surface area contributed by atoms with Crippen LogP contribution in [0, 0.1) is 5.92 Å². The van der Waals surface area contributed by atoms with Crippen LogP contribution in [0.4, 0.5) is 26.3 Å². The molecule has 0 saturated carbocycles. The molecule has 1 atom stereocenters. The molecule has 182 valence electrons. The fourth-order valence-corrected chi connectivity index (χ4v) is 3.49. The Bertz CT molecular complexity index is 1090. The molecule has 0 aliphatic carbocycles. The van der Waals surface area contributed by atoms with Gasteiger partial charge in [0.25, 0.3) is 0 Å². The highest BCUT2D eigenvalue weighted by Gasteiger charge is 2.48. The average Bonchev–Trinajstić information content (AvgIpc) is 2.69. The van der Waals surface area contributed by atoms with Crippen molar-refractivity contribution < 1.29 is 48.5 Å². The summed E-state index contributed by atoms with van der Waals surface area (Å²) < 4.78 is 109. The van der Waals surface area contributed by atoms with Gasteiger partial charge in [-0.25, -0.2) is 0 Å². The molecule has 2 aromatic carbocycles. The number of carbonyl (C=O) groups is 1. The van der Waals surface area contributed by atoms with Gasteiger partial charge in [-0.2, -0.15) is 34.8 Å². The average molecular weight is 498 g/mol. The van der Waals surface area contributed by atoms with Gasteiger partial charge in [0, 0.05) is 0 Å². The Kier molecular flexibility index (Phi) is 7.72. The summed E-state index contributed by atoms with van der Waals surface area (Å²) in [5.74, 6) is -2.53. The van der Waals surface area contributed by atoms with Gasteiger partial charge in [0.15, 0.2) is 0 Å². The van der Waals surface area contributed by atoms with Crippen LogP contribution in [0.25, 0.3) is 11.1 Å². The Labute approximate surface area is 186 Å². The lowest BCUT2D eigenvalue weighted by molar-refractivity contribution is -0.143. The van der Waals surface area contributed by atoms with Crippen molar-refractivity contribution in [1.82, 2.24) is 0 Å². The zero-order valence-corrected chi connectivity index (χ0v) is 18.4. The summed E-state index contributed by atoms with van der Waals surface area (Å²) in [5.41, 5.74) is -6.40. The minimum absolute atomic E-state index is 0.0475. The van der Waals surface area contributed by atoms with E-state index in [2.05, 4.69) is 4.18 Å². The number of hydrogen-bond donors (Lipinski definition) is 0. The van der Waals surface area contributed by atoms with Crippen LogP contribution in [0.2, 0.25) is 0 Å². The third-order valence-corrected chi connectivity index (χ3v) is 5.54. The van der Waals surface area contributed by atoms with Gasteiger partial charge in [-0.15, -0.1) is 0 Å². The van der Waals surface area contributed by atoms with E-state index < -0.39 is 45.0 Å². The van der Waals surface area contributed by atoms with Crippen LogP contribution in [-0.4, -0.2) is 27.0 Å². The molecule has 2 rings (SSSR count). The van der Waals surface area contributed by atoms with E-state index in [0.717, 1.165) is 43.5 Å². The Morgan fingerprint density at radius 1 is 0.939 bits per heavy atom. The minimum Gasteiger partial charge on any atom is -0.469 e. The number of methoxy groups -OCH3 is 1. The van der Waals surface area contributed by atoms with Crippen molar-refractivity contribution in [3.63, 3.8) is 0 Å². The molecule has 0 amide bonds. The van der Waals surface area contributed by atoms with Gasteiger partial charge in [-0.3, -0.25) is 4.79 Å². The SMILES string of the molecule is COC(=O)C(CC(C)C)c1cc(OS(=O)(=O)C(F)(F)F)cc(-c2ccc(C(F)(F)F)cc2)c1. The van der Waals surface area contributed by atoms with E-state index in [4.69, 9.17) is 4.74 Å². The van der Waals surface area contributed by atoms with Crippen molar-refractivity contribution in [2.24, 2.45) is 5.92 Å². The molecule has 0 saturated heterocycles. The zero-order chi connectivity index (χ0) is 25.2. The molecule has 0 aromatic heterocycles. The van der Waals surface area contributed by atoms with E-state index in [1.54, 1.807) is 13.8 Å². The Balaban J connectivity index is 2.66. The lowest BCUT2D eigenvalue weighted by atomic mass is 9.88. The summed E-state index contributed by atoms with van der Waals surface area (Å²) in [4.78, 5) is 12.3. The van der Waals surface area contributed by atoms with Crippen LogP contribution in [-0.2, 0) is 25.8 Å². The molecule has 5 nitrogen and oxygen atoms in total. The molecule has 33 heavy (non-hydrogen) atoms. The molecule has 0 bridgehead atoms. The van der Waals surface area contributed by atoms with E-state index in [-0.39, 0.29) is 29.0 Å². The van der Waals surface area contributed by atoms with Gasteiger partial charge in [0.2, 0.25) is 0 Å².